The maximum absolute atomic E-state index is 11.2. The van der Waals surface area contributed by atoms with Gasteiger partial charge in [-0.15, -0.1) is 0 Å². The van der Waals surface area contributed by atoms with Crippen LogP contribution in [0.25, 0.3) is 0 Å². The second-order valence-electron chi connectivity index (χ2n) is 4.58. The summed E-state index contributed by atoms with van der Waals surface area (Å²) >= 11 is 0. The van der Waals surface area contributed by atoms with Gasteiger partial charge in [-0.1, -0.05) is 13.8 Å². The van der Waals surface area contributed by atoms with Crippen LogP contribution in [0.15, 0.2) is 0 Å². The number of quaternary nitrogens is 1. The lowest BCUT2D eigenvalue weighted by Gasteiger charge is -2.35. The molecular formula is C8H18NO6P2+. The van der Waals surface area contributed by atoms with E-state index >= 15 is 0 Å². The van der Waals surface area contributed by atoms with E-state index in [1.54, 1.807) is 0 Å². The minimum Gasteiger partial charge on any atom is -0.320 e. The van der Waals surface area contributed by atoms with Crippen LogP contribution in [0.2, 0.25) is 0 Å². The lowest BCUT2D eigenvalue weighted by Crippen LogP contribution is -3.12. The van der Waals surface area contributed by atoms with E-state index in [0.717, 1.165) is 6.42 Å². The zero-order valence-electron chi connectivity index (χ0n) is 9.59. The Morgan fingerprint density at radius 2 is 1.41 bits per heavy atom. The number of rotatable bonds is 3. The molecular weight excluding hydrogens is 268 g/mol. The Morgan fingerprint density at radius 1 is 1.06 bits per heavy atom. The molecule has 2 unspecified atom stereocenters. The van der Waals surface area contributed by atoms with Gasteiger partial charge in [0.25, 0.3) is 5.52 Å². The molecule has 0 saturated carbocycles. The molecule has 1 rings (SSSR count). The molecule has 2 radical (unpaired) electrons. The molecule has 9 heteroatoms. The number of nitrogens with one attached hydrogen (secondary N) is 1. The molecule has 0 aromatic rings. The van der Waals surface area contributed by atoms with Crippen LogP contribution in [-0.4, -0.2) is 25.1 Å². The first kappa shape index (κ1) is 15.3. The standard InChI is InChI=1S/C8H18NO6P2/c1-6-3-7(2)5-9(4-6)8(16(10,11)12)17(13,14)15/h4-9H,3H2,1-2H3,(H2,10,11,12)(H2,13,14,15)/q+1. The normalized spacial score (nSPS) is 31.8. The molecule has 7 nitrogen and oxygen atoms in total. The van der Waals surface area contributed by atoms with E-state index in [2.05, 4.69) is 0 Å². The van der Waals surface area contributed by atoms with Crippen molar-refractivity contribution in [2.24, 2.45) is 11.8 Å². The molecule has 100 valence electrons. The van der Waals surface area contributed by atoms with Gasteiger partial charge in [0, 0.05) is 11.8 Å². The van der Waals surface area contributed by atoms with Gasteiger partial charge >= 0.3 is 15.2 Å². The van der Waals surface area contributed by atoms with Gasteiger partial charge in [0.05, 0.1) is 0 Å². The minimum absolute atomic E-state index is 0.0469. The summed E-state index contributed by atoms with van der Waals surface area (Å²) in [4.78, 5) is 36.5. The quantitative estimate of drug-likeness (QED) is 0.447. The Labute approximate surface area is 100 Å². The van der Waals surface area contributed by atoms with Crippen molar-refractivity contribution >= 4 is 15.2 Å². The van der Waals surface area contributed by atoms with Gasteiger partial charge in [0.15, 0.2) is 0 Å². The number of likely N-dealkylation sites (tertiary alicyclic amines) is 1. The van der Waals surface area contributed by atoms with Crippen LogP contribution in [-0.2, 0) is 9.13 Å². The van der Waals surface area contributed by atoms with Crippen molar-refractivity contribution in [2.75, 3.05) is 0 Å². The first-order chi connectivity index (χ1) is 7.51. The molecule has 5 N–H and O–H groups in total. The summed E-state index contributed by atoms with van der Waals surface area (Å²) in [5.74, 6) is 0.0937. The van der Waals surface area contributed by atoms with Gasteiger partial charge in [0.1, 0.15) is 13.1 Å². The van der Waals surface area contributed by atoms with Crippen LogP contribution in [0.5, 0.6) is 0 Å². The van der Waals surface area contributed by atoms with Crippen LogP contribution < -0.4 is 4.90 Å². The van der Waals surface area contributed by atoms with Crippen molar-refractivity contribution in [3.8, 4) is 0 Å². The third-order valence-electron chi connectivity index (χ3n) is 2.63. The third-order valence-corrected chi connectivity index (χ3v) is 6.31. The molecule has 1 fully saturated rings. The fraction of sp³-hybridized carbons (Fsp3) is 0.750. The molecule has 2 atom stereocenters. The molecule has 1 aliphatic rings. The molecule has 0 aromatic heterocycles. The summed E-state index contributed by atoms with van der Waals surface area (Å²) in [5.41, 5.74) is -2.03. The smallest absolute Gasteiger partial charge is 0.320 e. The first-order valence-corrected chi connectivity index (χ1v) is 8.55. The van der Waals surface area contributed by atoms with Crippen molar-refractivity contribution in [2.45, 2.75) is 25.8 Å². The van der Waals surface area contributed by atoms with Gasteiger partial charge in [-0.3, -0.25) is 14.0 Å². The number of hydrogen-bond donors (Lipinski definition) is 5. The van der Waals surface area contributed by atoms with Crippen molar-refractivity contribution < 1.29 is 33.6 Å². The van der Waals surface area contributed by atoms with Gasteiger partial charge in [-0.25, -0.2) is 0 Å². The van der Waals surface area contributed by atoms with E-state index in [1.165, 1.54) is 13.1 Å². The Balaban J connectivity index is 3.00. The number of piperidine rings is 1. The van der Waals surface area contributed by atoms with E-state index in [9.17, 15) is 9.13 Å². The fourth-order valence-corrected chi connectivity index (χ4v) is 4.88. The second kappa shape index (κ2) is 5.10. The molecule has 0 bridgehead atoms. The minimum atomic E-state index is -4.88. The van der Waals surface area contributed by atoms with Crippen LogP contribution in [0.4, 0.5) is 0 Å². The number of hydrogen-bond acceptors (Lipinski definition) is 2. The maximum atomic E-state index is 11.2. The Kier molecular flexibility index (Phi) is 4.59. The lowest BCUT2D eigenvalue weighted by molar-refractivity contribution is -0.850. The molecule has 0 aliphatic carbocycles. The Morgan fingerprint density at radius 3 is 1.71 bits per heavy atom. The van der Waals surface area contributed by atoms with Crippen LogP contribution in [0.1, 0.15) is 20.3 Å². The summed E-state index contributed by atoms with van der Waals surface area (Å²) in [5, 5.41) is 0. The van der Waals surface area contributed by atoms with Crippen LogP contribution in [0, 0.1) is 24.9 Å². The monoisotopic (exact) mass is 286 g/mol. The van der Waals surface area contributed by atoms with Gasteiger partial charge in [-0.05, 0) is 6.42 Å². The summed E-state index contributed by atoms with van der Waals surface area (Å²) in [6.45, 7) is 6.76. The highest BCUT2D eigenvalue weighted by Gasteiger charge is 2.53. The van der Waals surface area contributed by atoms with E-state index in [1.807, 2.05) is 13.8 Å². The van der Waals surface area contributed by atoms with E-state index in [-0.39, 0.29) is 16.7 Å². The average molecular weight is 286 g/mol. The molecule has 0 aromatic carbocycles. The first-order valence-electron chi connectivity index (χ1n) is 5.19. The summed E-state index contributed by atoms with van der Waals surface area (Å²) in [6, 6.07) is 0. The molecule has 1 heterocycles. The van der Waals surface area contributed by atoms with E-state index in [4.69, 9.17) is 19.6 Å². The molecule has 1 aliphatic heterocycles. The average Bonchev–Trinajstić information content (AvgIpc) is 1.93. The largest absolute Gasteiger partial charge is 0.395 e. The highest BCUT2D eigenvalue weighted by atomic mass is 31.2. The lowest BCUT2D eigenvalue weighted by atomic mass is 9.92. The van der Waals surface area contributed by atoms with Crippen molar-refractivity contribution in [1.29, 1.82) is 0 Å². The van der Waals surface area contributed by atoms with Crippen molar-refractivity contribution in [1.82, 2.24) is 0 Å². The molecule has 0 amide bonds. The van der Waals surface area contributed by atoms with E-state index < -0.39 is 20.7 Å². The zero-order valence-corrected chi connectivity index (χ0v) is 11.4. The highest BCUT2D eigenvalue weighted by molar-refractivity contribution is 7.70. The maximum Gasteiger partial charge on any atom is 0.395 e. The fourth-order valence-electron chi connectivity index (χ4n) is 2.19. The summed E-state index contributed by atoms with van der Waals surface area (Å²) < 4.78 is 22.5. The Bertz CT molecular complexity index is 331. The van der Waals surface area contributed by atoms with Crippen molar-refractivity contribution in [3.63, 3.8) is 0 Å². The SMILES string of the molecule is CC1[CH][NH+](C(P(=O)(O)O)P(=O)(O)O)[CH]C(C)C1. The Hall–Kier alpha value is 0.260. The topological polar surface area (TPSA) is 120 Å². The predicted molar refractivity (Wildman–Crippen MR) is 60.4 cm³/mol. The van der Waals surface area contributed by atoms with E-state index in [0.29, 0.717) is 0 Å². The predicted octanol–water partition coefficient (Wildman–Crippen LogP) is -0.490. The molecule has 1 saturated heterocycles. The third kappa shape index (κ3) is 4.14. The highest BCUT2D eigenvalue weighted by Crippen LogP contribution is 2.57. The van der Waals surface area contributed by atoms with Crippen LogP contribution in [0.3, 0.4) is 0 Å². The van der Waals surface area contributed by atoms with Crippen molar-refractivity contribution in [3.05, 3.63) is 13.1 Å². The van der Waals surface area contributed by atoms with Gasteiger partial charge < -0.3 is 19.6 Å². The van der Waals surface area contributed by atoms with Crippen LogP contribution >= 0.6 is 15.2 Å². The molecule has 0 spiro atoms. The summed E-state index contributed by atoms with van der Waals surface area (Å²) in [7, 11) is -9.76. The second-order valence-corrected chi connectivity index (χ2v) is 8.37. The zero-order chi connectivity index (χ0) is 13.4. The molecule has 17 heavy (non-hydrogen) atoms. The summed E-state index contributed by atoms with van der Waals surface area (Å²) in [6.07, 6.45) is 0.804. The van der Waals surface area contributed by atoms with Gasteiger partial charge in [-0.2, -0.15) is 0 Å². The van der Waals surface area contributed by atoms with Gasteiger partial charge in [0.2, 0.25) is 0 Å².